The Morgan fingerprint density at radius 1 is 1.07 bits per heavy atom. The van der Waals surface area contributed by atoms with E-state index in [1.807, 2.05) is 51.1 Å². The minimum Gasteiger partial charge on any atom is -0.463 e. The standard InChI is InChI=1S/C40H50N8O9S/c1-22-12-10-11-15-27(22)18-42-36(52)33-40(5,6)58-21-48(33)37(53)32(49)29(16-26-13-8-7-9-14-26)43-35(51)24(3)25(4)38(54)56-20-30-28(45-46-41)17-31(57-30)47-19-23(2)34(50)44-39(47)55/h7-15,19,24-25,28-33,49H,16-18,20-21H2,1-6H3,(H,42,52)(H,43,51)(H,44,50,55)/t24?,25?,28?,29-,30+,31+,32-,33+/m0/s1. The highest BCUT2D eigenvalue weighted by Crippen LogP contribution is 2.40. The topological polar surface area (TPSA) is 238 Å². The fourth-order valence-corrected chi connectivity index (χ4v) is 8.16. The fourth-order valence-electron chi connectivity index (χ4n) is 7.02. The lowest BCUT2D eigenvalue weighted by atomic mass is 9.93. The second-order valence-corrected chi connectivity index (χ2v) is 16.9. The predicted molar refractivity (Wildman–Crippen MR) is 215 cm³/mol. The van der Waals surface area contributed by atoms with Crippen LogP contribution in [-0.4, -0.2) is 90.8 Å². The van der Waals surface area contributed by atoms with Gasteiger partial charge in [-0.15, -0.1) is 11.8 Å². The van der Waals surface area contributed by atoms with Crippen molar-refractivity contribution in [3.05, 3.63) is 114 Å². The van der Waals surface area contributed by atoms with E-state index in [9.17, 15) is 33.9 Å². The summed E-state index contributed by atoms with van der Waals surface area (Å²) in [6.07, 6.45) is -2.11. The lowest BCUT2D eigenvalue weighted by Gasteiger charge is -2.33. The van der Waals surface area contributed by atoms with Gasteiger partial charge in [-0.3, -0.25) is 33.5 Å². The van der Waals surface area contributed by atoms with Crippen LogP contribution in [0.5, 0.6) is 0 Å². The van der Waals surface area contributed by atoms with Crippen LogP contribution in [0, 0.1) is 25.7 Å². The first-order valence-electron chi connectivity index (χ1n) is 19.0. The van der Waals surface area contributed by atoms with E-state index in [0.717, 1.165) is 16.7 Å². The molecule has 3 amide bonds. The molecule has 3 aromatic rings. The number of aromatic amines is 1. The van der Waals surface area contributed by atoms with Gasteiger partial charge in [0, 0.05) is 40.3 Å². The van der Waals surface area contributed by atoms with Gasteiger partial charge in [0.25, 0.3) is 11.5 Å². The van der Waals surface area contributed by atoms with E-state index >= 15 is 0 Å². The number of aliphatic hydroxyl groups is 1. The smallest absolute Gasteiger partial charge is 0.330 e. The van der Waals surface area contributed by atoms with Gasteiger partial charge >= 0.3 is 11.7 Å². The van der Waals surface area contributed by atoms with Crippen LogP contribution in [-0.2, 0) is 41.6 Å². The minimum atomic E-state index is -1.75. The first kappa shape index (κ1) is 43.7. The molecule has 18 heteroatoms. The van der Waals surface area contributed by atoms with E-state index in [2.05, 4.69) is 25.6 Å². The number of azide groups is 1. The number of carbonyl (C=O) groups is 4. The van der Waals surface area contributed by atoms with Crippen molar-refractivity contribution in [2.24, 2.45) is 17.0 Å². The van der Waals surface area contributed by atoms with E-state index < -0.39 is 82.2 Å². The molecule has 5 rings (SSSR count). The van der Waals surface area contributed by atoms with E-state index in [-0.39, 0.29) is 43.3 Å². The molecule has 2 aromatic carbocycles. The lowest BCUT2D eigenvalue weighted by molar-refractivity contribution is -0.157. The zero-order valence-electron chi connectivity index (χ0n) is 33.3. The van der Waals surface area contributed by atoms with Crippen LogP contribution in [0.3, 0.4) is 0 Å². The van der Waals surface area contributed by atoms with E-state index in [4.69, 9.17) is 15.0 Å². The number of aromatic nitrogens is 2. The Balaban J connectivity index is 1.25. The summed E-state index contributed by atoms with van der Waals surface area (Å²) in [4.78, 5) is 85.6. The van der Waals surface area contributed by atoms with Crippen molar-refractivity contribution in [1.29, 1.82) is 0 Å². The summed E-state index contributed by atoms with van der Waals surface area (Å²) in [6.45, 7) is 10.1. The average Bonchev–Trinajstić information content (AvgIpc) is 3.75. The zero-order chi connectivity index (χ0) is 42.3. The van der Waals surface area contributed by atoms with E-state index in [1.54, 1.807) is 24.3 Å². The molecule has 2 aliphatic heterocycles. The molecule has 310 valence electrons. The third-order valence-corrected chi connectivity index (χ3v) is 12.2. The molecule has 0 bridgehead atoms. The number of hydrogen-bond acceptors (Lipinski definition) is 11. The quantitative estimate of drug-likeness (QED) is 0.0757. The van der Waals surface area contributed by atoms with Crippen molar-refractivity contribution in [2.75, 3.05) is 12.5 Å². The molecule has 0 radical (unpaired) electrons. The largest absolute Gasteiger partial charge is 0.463 e. The van der Waals surface area contributed by atoms with Crippen molar-refractivity contribution in [3.63, 3.8) is 0 Å². The minimum absolute atomic E-state index is 0.0679. The van der Waals surface area contributed by atoms with Gasteiger partial charge in [0.1, 0.15) is 25.0 Å². The summed E-state index contributed by atoms with van der Waals surface area (Å²) in [5, 5.41) is 21.2. The SMILES string of the molecule is Cc1ccccc1CNC(=O)[C@H]1N(C(=O)[C@@H](O)[C@H](Cc2ccccc2)NC(=O)C(C)C(C)C(=O)OC[C@H]2O[C@@H](n3cc(C)c(=O)[nH]c3=O)CC2N=[N+]=[N-])CSC1(C)C. The van der Waals surface area contributed by atoms with Crippen LogP contribution < -0.4 is 21.9 Å². The number of thioether (sulfide) groups is 1. The number of benzene rings is 2. The highest BCUT2D eigenvalue weighted by Gasteiger charge is 2.50. The first-order valence-corrected chi connectivity index (χ1v) is 20.0. The molecular formula is C40H50N8O9S. The monoisotopic (exact) mass is 818 g/mol. The molecule has 3 heterocycles. The van der Waals surface area contributed by atoms with Crippen molar-refractivity contribution in [2.45, 2.75) is 102 Å². The molecule has 1 aromatic heterocycles. The Kier molecular flexibility index (Phi) is 14.2. The van der Waals surface area contributed by atoms with Gasteiger partial charge in [0.15, 0.2) is 6.10 Å². The molecule has 2 saturated heterocycles. The number of amides is 3. The normalized spacial score (nSPS) is 21.9. The predicted octanol–water partition coefficient (Wildman–Crippen LogP) is 3.02. The number of ether oxygens (including phenoxy) is 2. The number of aryl methyl sites for hydroxylation is 2. The number of aliphatic hydroxyl groups excluding tert-OH is 1. The number of carbonyl (C=O) groups excluding carboxylic acids is 4. The van der Waals surface area contributed by atoms with Crippen molar-refractivity contribution in [3.8, 4) is 0 Å². The summed E-state index contributed by atoms with van der Waals surface area (Å²) in [7, 11) is 0. The molecule has 58 heavy (non-hydrogen) atoms. The third kappa shape index (κ3) is 10.2. The molecule has 3 unspecified atom stereocenters. The maximum absolute atomic E-state index is 14.1. The number of esters is 1. The van der Waals surface area contributed by atoms with Crippen LogP contribution in [0.25, 0.3) is 10.4 Å². The molecule has 8 atom stereocenters. The van der Waals surface area contributed by atoms with E-state index in [0.29, 0.717) is 0 Å². The van der Waals surface area contributed by atoms with Crippen LogP contribution in [0.1, 0.15) is 62.6 Å². The second-order valence-electron chi connectivity index (χ2n) is 15.3. The van der Waals surface area contributed by atoms with Crippen LogP contribution in [0.4, 0.5) is 0 Å². The van der Waals surface area contributed by atoms with Crippen molar-refractivity contribution in [1.82, 2.24) is 25.1 Å². The summed E-state index contributed by atoms with van der Waals surface area (Å²) < 4.78 is 11.9. The van der Waals surface area contributed by atoms with Crippen LogP contribution >= 0.6 is 11.8 Å². The highest BCUT2D eigenvalue weighted by atomic mass is 32.2. The summed E-state index contributed by atoms with van der Waals surface area (Å²) in [6, 6.07) is 13.8. The van der Waals surface area contributed by atoms with E-state index in [1.165, 1.54) is 48.2 Å². The molecule has 0 aliphatic carbocycles. The Morgan fingerprint density at radius 2 is 1.76 bits per heavy atom. The molecule has 0 saturated carbocycles. The molecule has 2 fully saturated rings. The van der Waals surface area contributed by atoms with Gasteiger partial charge in [-0.05, 0) is 56.3 Å². The molecule has 17 nitrogen and oxygen atoms in total. The maximum atomic E-state index is 14.1. The van der Waals surface area contributed by atoms with Gasteiger partial charge < -0.3 is 30.1 Å². The molecule has 2 aliphatic rings. The Labute approximate surface area is 339 Å². The Bertz CT molecular complexity index is 2150. The first-order chi connectivity index (χ1) is 27.5. The Hall–Kier alpha value is -5.42. The molecular weight excluding hydrogens is 769 g/mol. The molecule has 4 N–H and O–H groups in total. The number of nitrogens with zero attached hydrogens (tertiary/aromatic N) is 5. The number of hydrogen-bond donors (Lipinski definition) is 4. The van der Waals surface area contributed by atoms with Gasteiger partial charge in [-0.1, -0.05) is 73.6 Å². The average molecular weight is 819 g/mol. The number of rotatable bonds is 15. The highest BCUT2D eigenvalue weighted by molar-refractivity contribution is 8.00. The third-order valence-electron chi connectivity index (χ3n) is 10.8. The van der Waals surface area contributed by atoms with Gasteiger partial charge in [-0.25, -0.2) is 4.79 Å². The van der Waals surface area contributed by atoms with Gasteiger partial charge in [0.2, 0.25) is 11.8 Å². The fraction of sp³-hybridized carbons (Fsp3) is 0.500. The lowest BCUT2D eigenvalue weighted by Crippen LogP contribution is -2.59. The zero-order valence-corrected chi connectivity index (χ0v) is 34.1. The van der Waals surface area contributed by atoms with Crippen molar-refractivity contribution < 1.29 is 33.8 Å². The maximum Gasteiger partial charge on any atom is 0.330 e. The summed E-state index contributed by atoms with van der Waals surface area (Å²) in [5.41, 5.74) is 10.8. The number of H-pyrrole nitrogens is 1. The molecule has 0 spiro atoms. The second kappa shape index (κ2) is 18.9. The van der Waals surface area contributed by atoms with Crippen LogP contribution in [0.2, 0.25) is 0 Å². The Morgan fingerprint density at radius 3 is 2.45 bits per heavy atom. The summed E-state index contributed by atoms with van der Waals surface area (Å²) >= 11 is 1.41. The number of nitrogens with one attached hydrogen (secondary N) is 3. The summed E-state index contributed by atoms with van der Waals surface area (Å²) in [5.74, 6) is -4.35. The van der Waals surface area contributed by atoms with Gasteiger partial charge in [0.05, 0.1) is 23.9 Å². The van der Waals surface area contributed by atoms with Crippen molar-refractivity contribution >= 4 is 35.5 Å². The van der Waals surface area contributed by atoms with Crippen LogP contribution in [0.15, 0.2) is 75.5 Å². The van der Waals surface area contributed by atoms with Gasteiger partial charge in [-0.2, -0.15) is 0 Å².